The number of carbonyl (C=O) groups excluding carboxylic acids is 1. The average molecular weight is 457 g/mol. The molecule has 34 heavy (non-hydrogen) atoms. The first-order chi connectivity index (χ1) is 16.6. The van der Waals surface area contributed by atoms with Crippen LogP contribution in [0.4, 0.5) is 0 Å². The first-order valence-electron chi connectivity index (χ1n) is 12.2. The number of nitrogens with zero attached hydrogens (tertiary/aromatic N) is 5. The summed E-state index contributed by atoms with van der Waals surface area (Å²) in [5, 5.41) is 12.8. The second-order valence-corrected chi connectivity index (χ2v) is 9.60. The van der Waals surface area contributed by atoms with Gasteiger partial charge in [0.25, 0.3) is 0 Å². The topological polar surface area (TPSA) is 75.0 Å². The van der Waals surface area contributed by atoms with Gasteiger partial charge in [0.2, 0.25) is 11.9 Å². The van der Waals surface area contributed by atoms with Gasteiger partial charge in [0.15, 0.2) is 5.92 Å². The van der Waals surface area contributed by atoms with E-state index in [2.05, 4.69) is 74.6 Å². The largest absolute Gasteiger partial charge is 0.340 e. The maximum absolute atomic E-state index is 13.0. The highest BCUT2D eigenvalue weighted by atomic mass is 16.2. The molecule has 176 valence electrons. The monoisotopic (exact) mass is 456 g/mol. The van der Waals surface area contributed by atoms with E-state index in [1.807, 2.05) is 12.1 Å². The van der Waals surface area contributed by atoms with E-state index in [1.165, 1.54) is 11.1 Å². The molecule has 7 nitrogen and oxygen atoms in total. The highest BCUT2D eigenvalue weighted by Gasteiger charge is 2.49. The molecular formula is C27H32N6O. The smallest absolute Gasteiger partial charge is 0.246 e. The van der Waals surface area contributed by atoms with Crippen LogP contribution in [0.1, 0.15) is 24.0 Å². The second-order valence-electron chi connectivity index (χ2n) is 9.60. The molecule has 0 radical (unpaired) electrons. The fourth-order valence-corrected chi connectivity index (χ4v) is 5.36. The number of amides is 1. The zero-order chi connectivity index (χ0) is 23.4. The van der Waals surface area contributed by atoms with Crippen LogP contribution in [0.5, 0.6) is 0 Å². The number of aliphatic imine (C=N–C) groups is 1. The van der Waals surface area contributed by atoms with Gasteiger partial charge in [-0.05, 0) is 24.0 Å². The van der Waals surface area contributed by atoms with E-state index in [0.29, 0.717) is 5.96 Å². The van der Waals surface area contributed by atoms with Crippen molar-refractivity contribution in [1.29, 1.82) is 5.26 Å². The van der Waals surface area contributed by atoms with Crippen LogP contribution in [-0.2, 0) is 17.9 Å². The summed E-state index contributed by atoms with van der Waals surface area (Å²) in [5.74, 6) is -0.266. The molecule has 2 aromatic carbocycles. The Hall–Kier alpha value is -3.21. The van der Waals surface area contributed by atoms with Crippen LogP contribution in [-0.4, -0.2) is 71.4 Å². The number of nitriles is 1. The average Bonchev–Trinajstić information content (AvgIpc) is 2.87. The van der Waals surface area contributed by atoms with Crippen molar-refractivity contribution in [3.63, 3.8) is 0 Å². The summed E-state index contributed by atoms with van der Waals surface area (Å²) in [5.41, 5.74) is 1.98. The van der Waals surface area contributed by atoms with Gasteiger partial charge in [-0.2, -0.15) is 5.26 Å². The lowest BCUT2D eigenvalue weighted by molar-refractivity contribution is -0.125. The molecule has 3 heterocycles. The molecule has 1 N–H and O–H groups in total. The minimum Gasteiger partial charge on any atom is -0.340 e. The Balaban J connectivity index is 1.24. The van der Waals surface area contributed by atoms with E-state index in [1.54, 1.807) is 0 Å². The summed E-state index contributed by atoms with van der Waals surface area (Å²) in [6.45, 7) is 6.97. The van der Waals surface area contributed by atoms with Crippen LogP contribution in [0, 0.1) is 17.2 Å². The van der Waals surface area contributed by atoms with E-state index >= 15 is 0 Å². The van der Waals surface area contributed by atoms with E-state index in [9.17, 15) is 10.1 Å². The van der Waals surface area contributed by atoms with Gasteiger partial charge in [-0.15, -0.1) is 0 Å². The number of guanidine groups is 1. The van der Waals surface area contributed by atoms with Crippen LogP contribution in [0.25, 0.3) is 0 Å². The van der Waals surface area contributed by atoms with Crippen LogP contribution in [0.2, 0.25) is 0 Å². The van der Waals surface area contributed by atoms with Gasteiger partial charge in [0, 0.05) is 52.4 Å². The number of piperazine rings is 1. The van der Waals surface area contributed by atoms with Crippen LogP contribution >= 0.6 is 0 Å². The molecule has 1 amide bonds. The normalized spacial score (nSPS) is 23.3. The third-order valence-electron chi connectivity index (χ3n) is 7.38. The van der Waals surface area contributed by atoms with Gasteiger partial charge in [-0.3, -0.25) is 19.9 Å². The third-order valence-corrected chi connectivity index (χ3v) is 7.38. The lowest BCUT2D eigenvalue weighted by Crippen LogP contribution is -2.62. The Morgan fingerprint density at radius 2 is 1.38 bits per heavy atom. The SMILES string of the molecule is N#C[C@@H]1C(=O)NC(N2CCN(Cc3ccccc3)CC2)=NC12CCN(Cc1ccccc1)CC2. The van der Waals surface area contributed by atoms with Crippen molar-refractivity contribution in [1.82, 2.24) is 20.0 Å². The van der Waals surface area contributed by atoms with Crippen molar-refractivity contribution in [2.45, 2.75) is 31.5 Å². The molecular weight excluding hydrogens is 424 g/mol. The molecule has 2 aromatic rings. The highest BCUT2D eigenvalue weighted by molar-refractivity contribution is 6.02. The van der Waals surface area contributed by atoms with Crippen molar-refractivity contribution >= 4 is 11.9 Å². The molecule has 3 aliphatic rings. The molecule has 3 aliphatic heterocycles. The zero-order valence-electron chi connectivity index (χ0n) is 19.6. The minimum atomic E-state index is -0.727. The maximum Gasteiger partial charge on any atom is 0.246 e. The predicted octanol–water partition coefficient (Wildman–Crippen LogP) is 2.46. The number of piperidine rings is 1. The summed E-state index contributed by atoms with van der Waals surface area (Å²) in [7, 11) is 0. The van der Waals surface area contributed by atoms with Crippen LogP contribution < -0.4 is 5.32 Å². The quantitative estimate of drug-likeness (QED) is 0.765. The molecule has 1 spiro atoms. The number of carbonyl (C=O) groups is 1. The van der Waals surface area contributed by atoms with E-state index in [4.69, 9.17) is 4.99 Å². The molecule has 5 rings (SSSR count). The molecule has 2 saturated heterocycles. The lowest BCUT2D eigenvalue weighted by Gasteiger charge is -2.45. The number of likely N-dealkylation sites (tertiary alicyclic amines) is 1. The van der Waals surface area contributed by atoms with Crippen LogP contribution in [0.3, 0.4) is 0 Å². The standard InChI is InChI=1S/C27H32N6O/c28-19-24-25(34)29-26(33-17-15-32(16-18-33)21-23-9-5-2-6-10-23)30-27(24)11-13-31(14-12-27)20-22-7-3-1-4-8-22/h1-10,24H,11-18,20-21H2,(H,29,30,34)/t24-/m1/s1. The molecule has 0 unspecified atom stereocenters. The van der Waals surface area contributed by atoms with Crippen molar-refractivity contribution in [2.75, 3.05) is 39.3 Å². The number of hydrogen-bond acceptors (Lipinski definition) is 6. The second kappa shape index (κ2) is 9.96. The van der Waals surface area contributed by atoms with E-state index < -0.39 is 11.5 Å². The van der Waals surface area contributed by atoms with Gasteiger partial charge < -0.3 is 4.90 Å². The summed E-state index contributed by atoms with van der Waals surface area (Å²) < 4.78 is 0. The van der Waals surface area contributed by atoms with Gasteiger partial charge in [0.05, 0.1) is 11.6 Å². The predicted molar refractivity (Wildman–Crippen MR) is 132 cm³/mol. The molecule has 2 fully saturated rings. The van der Waals surface area contributed by atoms with Crippen molar-refractivity contribution < 1.29 is 4.79 Å². The van der Waals surface area contributed by atoms with Gasteiger partial charge in [-0.25, -0.2) is 4.99 Å². The first-order valence-corrected chi connectivity index (χ1v) is 12.2. The molecule has 1 atom stereocenters. The molecule has 0 saturated carbocycles. The third kappa shape index (κ3) is 4.84. The number of nitrogens with one attached hydrogen (secondary N) is 1. The van der Waals surface area contributed by atoms with Crippen molar-refractivity contribution in [2.24, 2.45) is 10.9 Å². The lowest BCUT2D eigenvalue weighted by atomic mass is 9.76. The summed E-state index contributed by atoms with van der Waals surface area (Å²) >= 11 is 0. The summed E-state index contributed by atoms with van der Waals surface area (Å²) in [6.07, 6.45) is 1.45. The summed E-state index contributed by atoms with van der Waals surface area (Å²) in [4.78, 5) is 25.1. The molecule has 0 aromatic heterocycles. The molecule has 0 aliphatic carbocycles. The minimum absolute atomic E-state index is 0.198. The number of benzene rings is 2. The maximum atomic E-state index is 13.0. The molecule has 0 bridgehead atoms. The summed E-state index contributed by atoms with van der Waals surface area (Å²) in [6, 6.07) is 23.2. The Morgan fingerprint density at radius 3 is 1.91 bits per heavy atom. The first kappa shape index (κ1) is 22.6. The zero-order valence-corrected chi connectivity index (χ0v) is 19.6. The van der Waals surface area contributed by atoms with Crippen molar-refractivity contribution in [3.8, 4) is 6.07 Å². The Kier molecular flexibility index (Phi) is 6.61. The Bertz CT molecular complexity index is 1050. The fraction of sp³-hybridized carbons (Fsp3) is 0.444. The number of hydrogen-bond donors (Lipinski definition) is 1. The van der Waals surface area contributed by atoms with Gasteiger partial charge >= 0.3 is 0 Å². The molecule has 7 heteroatoms. The van der Waals surface area contributed by atoms with Crippen molar-refractivity contribution in [3.05, 3.63) is 71.8 Å². The Labute approximate surface area is 201 Å². The van der Waals surface area contributed by atoms with E-state index in [-0.39, 0.29) is 5.91 Å². The Morgan fingerprint density at radius 1 is 0.853 bits per heavy atom. The number of rotatable bonds is 4. The fourth-order valence-electron chi connectivity index (χ4n) is 5.36. The van der Waals surface area contributed by atoms with Crippen LogP contribution in [0.15, 0.2) is 65.7 Å². The van der Waals surface area contributed by atoms with E-state index in [0.717, 1.165) is 65.2 Å². The van der Waals surface area contributed by atoms with Gasteiger partial charge in [-0.1, -0.05) is 60.7 Å². The van der Waals surface area contributed by atoms with Gasteiger partial charge in [0.1, 0.15) is 0 Å². The highest BCUT2D eigenvalue weighted by Crippen LogP contribution is 2.37.